The minimum atomic E-state index is -1.20. The first-order valence-corrected chi connectivity index (χ1v) is 7.18. The first-order chi connectivity index (χ1) is 10.8. The Morgan fingerprint density at radius 3 is 2.58 bits per heavy atom. The van der Waals surface area contributed by atoms with Crippen LogP contribution in [0.1, 0.15) is 23.5 Å². The number of aliphatic hydroxyl groups excluding tert-OH is 2. The van der Waals surface area contributed by atoms with Crippen LogP contribution in [0, 0.1) is 0 Å². The Labute approximate surface area is 146 Å². The molecule has 24 heavy (non-hydrogen) atoms. The molecule has 9 heteroatoms. The lowest BCUT2D eigenvalue weighted by molar-refractivity contribution is -0.765. The van der Waals surface area contributed by atoms with Gasteiger partial charge in [0, 0.05) is 27.1 Å². The Bertz CT molecular complexity index is 597. The zero-order valence-corrected chi connectivity index (χ0v) is 14.4. The zero-order chi connectivity index (χ0) is 17.1. The van der Waals surface area contributed by atoms with E-state index in [0.717, 1.165) is 0 Å². The summed E-state index contributed by atoms with van der Waals surface area (Å²) in [7, 11) is 3.28. The number of carbonyl (C=O) groups excluding carboxylic acids is 2. The van der Waals surface area contributed by atoms with E-state index in [1.807, 2.05) is 0 Å². The average molecular weight is 361 g/mol. The topological polar surface area (TPSA) is 100 Å². The summed E-state index contributed by atoms with van der Waals surface area (Å²) in [5.74, 6) is -0.686. The first kappa shape index (κ1) is 20.3. The molecule has 1 aliphatic rings. The number of hydrogen-bond donors (Lipinski definition) is 2. The maximum Gasteiger partial charge on any atom is 0.302 e. The highest BCUT2D eigenvalue weighted by Crippen LogP contribution is 2.25. The number of aliphatic hydroxyl groups is 2. The molecular weight excluding hydrogens is 340 g/mol. The molecule has 1 saturated heterocycles. The Hall–Kier alpha value is -1.74. The number of pyridine rings is 1. The Morgan fingerprint density at radius 1 is 1.33 bits per heavy atom. The van der Waals surface area contributed by atoms with Crippen LogP contribution in [0.2, 0.25) is 0 Å². The number of ether oxygens (including phenoxy) is 2. The lowest BCUT2D eigenvalue weighted by atomic mass is 10.1. The smallest absolute Gasteiger partial charge is 0.302 e. The van der Waals surface area contributed by atoms with Crippen molar-refractivity contribution in [3.63, 3.8) is 0 Å². The van der Waals surface area contributed by atoms with Gasteiger partial charge in [-0.25, -0.2) is 0 Å². The Morgan fingerprint density at radius 2 is 2.00 bits per heavy atom. The molecule has 134 valence electrons. The van der Waals surface area contributed by atoms with Gasteiger partial charge < -0.3 is 37.0 Å². The molecule has 2 heterocycles. The molecular formula is C15H21ClN2O6. The number of amides is 1. The summed E-state index contributed by atoms with van der Waals surface area (Å²) in [5, 5.41) is 20.2. The number of rotatable bonds is 4. The second-order valence-electron chi connectivity index (χ2n) is 5.59. The van der Waals surface area contributed by atoms with E-state index in [1.54, 1.807) is 32.4 Å². The molecule has 0 unspecified atom stereocenters. The number of hydrogen-bond acceptors (Lipinski definition) is 6. The lowest BCUT2D eigenvalue weighted by Gasteiger charge is -2.12. The SMILES string of the molecule is CC(=O)OC[C@H]1O[C@@H]([n+]2cccc(C(=O)N(C)C)c2)[C@H](O)[C@@H]1O.[Cl-]. The van der Waals surface area contributed by atoms with E-state index in [-0.39, 0.29) is 24.9 Å². The molecule has 0 radical (unpaired) electrons. The van der Waals surface area contributed by atoms with Crippen LogP contribution >= 0.6 is 0 Å². The predicted octanol–water partition coefficient (Wildman–Crippen LogP) is -4.14. The van der Waals surface area contributed by atoms with Crippen molar-refractivity contribution < 1.29 is 46.2 Å². The zero-order valence-electron chi connectivity index (χ0n) is 13.6. The van der Waals surface area contributed by atoms with Crippen molar-refractivity contribution in [3.05, 3.63) is 30.1 Å². The van der Waals surface area contributed by atoms with E-state index in [4.69, 9.17) is 9.47 Å². The van der Waals surface area contributed by atoms with Gasteiger partial charge in [-0.05, 0) is 6.07 Å². The Balaban J connectivity index is 0.00000288. The fraction of sp³-hybridized carbons (Fsp3) is 0.533. The highest BCUT2D eigenvalue weighted by Gasteiger charge is 2.48. The highest BCUT2D eigenvalue weighted by molar-refractivity contribution is 5.93. The van der Waals surface area contributed by atoms with E-state index >= 15 is 0 Å². The molecule has 1 aliphatic heterocycles. The maximum atomic E-state index is 12.0. The minimum Gasteiger partial charge on any atom is -1.00 e. The summed E-state index contributed by atoms with van der Waals surface area (Å²) >= 11 is 0. The molecule has 1 amide bonds. The van der Waals surface area contributed by atoms with Gasteiger partial charge in [0.05, 0.1) is 0 Å². The molecule has 0 aliphatic carbocycles. The van der Waals surface area contributed by atoms with Gasteiger partial charge in [0.15, 0.2) is 18.5 Å². The standard InChI is InChI=1S/C15H21N2O6.ClH/c1-9(18)22-8-11-12(19)13(20)15(23-11)17-6-4-5-10(7-17)14(21)16(2)3;/h4-7,11-13,15,19-20H,8H2,1-3H3;1H/q+1;/p-1/t11-,12-,13-,15-;/m1./s1. The molecule has 1 fully saturated rings. The third-order valence-corrected chi connectivity index (χ3v) is 3.56. The van der Waals surface area contributed by atoms with Crippen molar-refractivity contribution in [1.29, 1.82) is 0 Å². The molecule has 0 aromatic carbocycles. The van der Waals surface area contributed by atoms with Gasteiger partial charge in [0.25, 0.3) is 12.1 Å². The van der Waals surface area contributed by atoms with Crippen molar-refractivity contribution in [2.45, 2.75) is 31.5 Å². The van der Waals surface area contributed by atoms with E-state index < -0.39 is 30.5 Å². The summed E-state index contributed by atoms with van der Waals surface area (Å²) in [6.07, 6.45) is -0.941. The van der Waals surface area contributed by atoms with Gasteiger partial charge in [-0.2, -0.15) is 4.57 Å². The van der Waals surface area contributed by atoms with Crippen LogP contribution in [0.4, 0.5) is 0 Å². The van der Waals surface area contributed by atoms with Crippen LogP contribution in [0.25, 0.3) is 0 Å². The van der Waals surface area contributed by atoms with E-state index in [1.165, 1.54) is 22.6 Å². The summed E-state index contributed by atoms with van der Waals surface area (Å²) in [4.78, 5) is 24.3. The fourth-order valence-corrected chi connectivity index (χ4v) is 2.35. The third-order valence-electron chi connectivity index (χ3n) is 3.56. The largest absolute Gasteiger partial charge is 1.00 e. The quantitative estimate of drug-likeness (QED) is 0.418. The number of aromatic nitrogens is 1. The molecule has 0 spiro atoms. The molecule has 4 atom stereocenters. The van der Waals surface area contributed by atoms with Crippen molar-refractivity contribution in [1.82, 2.24) is 4.90 Å². The molecule has 2 N–H and O–H groups in total. The van der Waals surface area contributed by atoms with Crippen LogP contribution in [0.5, 0.6) is 0 Å². The monoisotopic (exact) mass is 360 g/mol. The summed E-state index contributed by atoms with van der Waals surface area (Å²) < 4.78 is 11.9. The summed E-state index contributed by atoms with van der Waals surface area (Å²) in [6.45, 7) is 1.10. The second kappa shape index (κ2) is 8.39. The average Bonchev–Trinajstić information content (AvgIpc) is 2.80. The predicted molar refractivity (Wildman–Crippen MR) is 77.2 cm³/mol. The van der Waals surface area contributed by atoms with Crippen molar-refractivity contribution >= 4 is 11.9 Å². The number of esters is 1. The number of carbonyl (C=O) groups is 2. The molecule has 1 aromatic heterocycles. The molecule has 2 rings (SSSR count). The molecule has 1 aromatic rings. The van der Waals surface area contributed by atoms with Gasteiger partial charge in [0.1, 0.15) is 24.4 Å². The normalized spacial score (nSPS) is 25.7. The third kappa shape index (κ3) is 4.41. The van der Waals surface area contributed by atoms with Crippen molar-refractivity contribution in [2.75, 3.05) is 20.7 Å². The van der Waals surface area contributed by atoms with Crippen LogP contribution in [0.15, 0.2) is 24.5 Å². The van der Waals surface area contributed by atoms with Crippen LogP contribution in [-0.2, 0) is 14.3 Å². The molecule has 8 nitrogen and oxygen atoms in total. The van der Waals surface area contributed by atoms with Crippen molar-refractivity contribution in [3.8, 4) is 0 Å². The van der Waals surface area contributed by atoms with Crippen LogP contribution in [0.3, 0.4) is 0 Å². The van der Waals surface area contributed by atoms with E-state index in [9.17, 15) is 19.8 Å². The van der Waals surface area contributed by atoms with Gasteiger partial charge in [-0.3, -0.25) is 9.59 Å². The highest BCUT2D eigenvalue weighted by atomic mass is 35.5. The van der Waals surface area contributed by atoms with Gasteiger partial charge >= 0.3 is 5.97 Å². The molecule has 0 saturated carbocycles. The molecule has 0 bridgehead atoms. The summed E-state index contributed by atoms with van der Waals surface area (Å²) in [5.41, 5.74) is 0.422. The van der Waals surface area contributed by atoms with E-state index in [2.05, 4.69) is 0 Å². The van der Waals surface area contributed by atoms with Gasteiger partial charge in [-0.15, -0.1) is 0 Å². The fourth-order valence-electron chi connectivity index (χ4n) is 2.35. The Kier molecular flexibility index (Phi) is 7.09. The summed E-state index contributed by atoms with van der Waals surface area (Å²) in [6, 6.07) is 3.30. The van der Waals surface area contributed by atoms with Gasteiger partial charge in [-0.1, -0.05) is 0 Å². The van der Waals surface area contributed by atoms with Crippen LogP contribution in [-0.4, -0.2) is 66.0 Å². The lowest BCUT2D eigenvalue weighted by Crippen LogP contribution is -3.00. The van der Waals surface area contributed by atoms with E-state index in [0.29, 0.717) is 5.56 Å². The van der Waals surface area contributed by atoms with Gasteiger partial charge in [0.2, 0.25) is 0 Å². The second-order valence-corrected chi connectivity index (χ2v) is 5.59. The first-order valence-electron chi connectivity index (χ1n) is 7.18. The minimum absolute atomic E-state index is 0. The van der Waals surface area contributed by atoms with Crippen LogP contribution < -0.4 is 17.0 Å². The number of halogens is 1. The maximum absolute atomic E-state index is 12.0. The van der Waals surface area contributed by atoms with Crippen molar-refractivity contribution in [2.24, 2.45) is 0 Å². The number of nitrogens with zero attached hydrogens (tertiary/aromatic N) is 2.